The highest BCUT2D eigenvalue weighted by atomic mass is 19.1. The van der Waals surface area contributed by atoms with Gasteiger partial charge in [0.05, 0.1) is 17.0 Å². The van der Waals surface area contributed by atoms with Crippen LogP contribution in [-0.2, 0) is 0 Å². The van der Waals surface area contributed by atoms with Crippen LogP contribution >= 0.6 is 0 Å². The van der Waals surface area contributed by atoms with E-state index in [0.29, 0.717) is 22.6 Å². The van der Waals surface area contributed by atoms with Gasteiger partial charge in [-0.1, -0.05) is 17.3 Å². The predicted octanol–water partition coefficient (Wildman–Crippen LogP) is 3.14. The quantitative estimate of drug-likeness (QED) is 0.782. The molecule has 0 atom stereocenters. The smallest absolute Gasteiger partial charge is 0.178 e. The number of hydrogen-bond acceptors (Lipinski definition) is 5. The van der Waals surface area contributed by atoms with Crippen LogP contribution in [0.4, 0.5) is 10.2 Å². The Labute approximate surface area is 120 Å². The molecule has 21 heavy (non-hydrogen) atoms. The first kappa shape index (κ1) is 13.2. The summed E-state index contributed by atoms with van der Waals surface area (Å²) >= 11 is 0. The van der Waals surface area contributed by atoms with Crippen molar-refractivity contribution in [2.45, 2.75) is 13.8 Å². The van der Waals surface area contributed by atoms with Crippen molar-refractivity contribution in [3.05, 3.63) is 47.5 Å². The molecule has 0 fully saturated rings. The average Bonchev–Trinajstić information content (AvgIpc) is 2.83. The van der Waals surface area contributed by atoms with E-state index in [-0.39, 0.29) is 11.6 Å². The van der Waals surface area contributed by atoms with Gasteiger partial charge in [0, 0.05) is 5.56 Å². The number of nitrogens with zero attached hydrogens (tertiary/aromatic N) is 3. The highest BCUT2D eigenvalue weighted by Crippen LogP contribution is 2.37. The van der Waals surface area contributed by atoms with E-state index >= 15 is 0 Å². The molecule has 0 saturated carbocycles. The van der Waals surface area contributed by atoms with Crippen molar-refractivity contribution >= 4 is 5.82 Å². The standard InChI is InChI=1S/C15H13FN4O/c1-8-6-12(9(2)19-18-8)14-13(15(17)20-21-14)10-4-3-5-11(16)7-10/h3-7H,1-2H3,(H2,17,20). The van der Waals surface area contributed by atoms with Crippen LogP contribution in [0.15, 0.2) is 34.9 Å². The Kier molecular flexibility index (Phi) is 3.13. The molecule has 3 rings (SSSR count). The van der Waals surface area contributed by atoms with Crippen molar-refractivity contribution in [3.63, 3.8) is 0 Å². The number of rotatable bonds is 2. The summed E-state index contributed by atoms with van der Waals surface area (Å²) in [6.45, 7) is 3.65. The Morgan fingerprint density at radius 2 is 1.95 bits per heavy atom. The van der Waals surface area contributed by atoms with Gasteiger partial charge in [0.1, 0.15) is 5.82 Å². The van der Waals surface area contributed by atoms with E-state index in [1.165, 1.54) is 12.1 Å². The van der Waals surface area contributed by atoms with Crippen molar-refractivity contribution < 1.29 is 8.91 Å². The Bertz CT molecular complexity index is 813. The number of hydrogen-bond donors (Lipinski definition) is 1. The molecule has 0 spiro atoms. The van der Waals surface area contributed by atoms with Crippen LogP contribution in [0.3, 0.4) is 0 Å². The lowest BCUT2D eigenvalue weighted by molar-refractivity contribution is 0.435. The van der Waals surface area contributed by atoms with Crippen LogP contribution in [0.2, 0.25) is 0 Å². The molecule has 3 aromatic rings. The number of aryl methyl sites for hydroxylation is 2. The van der Waals surface area contributed by atoms with Gasteiger partial charge in [-0.2, -0.15) is 10.2 Å². The zero-order valence-electron chi connectivity index (χ0n) is 11.6. The van der Waals surface area contributed by atoms with Crippen molar-refractivity contribution in [1.29, 1.82) is 0 Å². The highest BCUT2D eigenvalue weighted by Gasteiger charge is 2.20. The lowest BCUT2D eigenvalue weighted by Gasteiger charge is -2.05. The van der Waals surface area contributed by atoms with Crippen LogP contribution < -0.4 is 5.73 Å². The molecule has 0 aliphatic rings. The third kappa shape index (κ3) is 2.35. The minimum Gasteiger partial charge on any atom is -0.380 e. The van der Waals surface area contributed by atoms with Crippen molar-refractivity contribution in [3.8, 4) is 22.5 Å². The maximum atomic E-state index is 13.5. The minimum atomic E-state index is -0.347. The second-order valence-electron chi connectivity index (χ2n) is 4.77. The molecule has 0 amide bonds. The van der Waals surface area contributed by atoms with Gasteiger partial charge >= 0.3 is 0 Å². The second kappa shape index (κ2) is 4.97. The van der Waals surface area contributed by atoms with Crippen molar-refractivity contribution in [1.82, 2.24) is 15.4 Å². The molecule has 1 aromatic carbocycles. The van der Waals surface area contributed by atoms with Crippen LogP contribution in [0, 0.1) is 19.7 Å². The molecule has 2 aromatic heterocycles. The third-order valence-electron chi connectivity index (χ3n) is 3.18. The molecular weight excluding hydrogens is 271 g/mol. The zero-order valence-corrected chi connectivity index (χ0v) is 11.6. The largest absolute Gasteiger partial charge is 0.380 e. The summed E-state index contributed by atoms with van der Waals surface area (Å²) in [6, 6.07) is 7.97. The van der Waals surface area contributed by atoms with Gasteiger partial charge in [-0.15, -0.1) is 0 Å². The maximum Gasteiger partial charge on any atom is 0.178 e. The minimum absolute atomic E-state index is 0.212. The van der Waals surface area contributed by atoms with E-state index in [2.05, 4.69) is 15.4 Å². The topological polar surface area (TPSA) is 77.8 Å². The Morgan fingerprint density at radius 3 is 2.71 bits per heavy atom. The molecule has 6 heteroatoms. The predicted molar refractivity (Wildman–Crippen MR) is 76.8 cm³/mol. The fraction of sp³-hybridized carbons (Fsp3) is 0.133. The fourth-order valence-corrected chi connectivity index (χ4v) is 2.19. The molecule has 0 aliphatic carbocycles. The summed E-state index contributed by atoms with van der Waals surface area (Å²) in [5.41, 5.74) is 9.23. The van der Waals surface area contributed by atoms with Crippen molar-refractivity contribution in [2.75, 3.05) is 5.73 Å². The van der Waals surface area contributed by atoms with E-state index in [0.717, 1.165) is 11.3 Å². The van der Waals surface area contributed by atoms with E-state index in [1.807, 2.05) is 19.9 Å². The number of nitrogen functional groups attached to an aromatic ring is 1. The van der Waals surface area contributed by atoms with Crippen LogP contribution in [0.5, 0.6) is 0 Å². The van der Waals surface area contributed by atoms with Gasteiger partial charge in [0.15, 0.2) is 11.6 Å². The van der Waals surface area contributed by atoms with Gasteiger partial charge < -0.3 is 10.3 Å². The van der Waals surface area contributed by atoms with Crippen molar-refractivity contribution in [2.24, 2.45) is 0 Å². The molecule has 0 aliphatic heterocycles. The van der Waals surface area contributed by atoms with E-state index in [9.17, 15) is 4.39 Å². The van der Waals surface area contributed by atoms with Crippen LogP contribution in [0.25, 0.3) is 22.5 Å². The molecule has 0 radical (unpaired) electrons. The normalized spacial score (nSPS) is 10.8. The molecule has 2 heterocycles. The maximum absolute atomic E-state index is 13.5. The van der Waals surface area contributed by atoms with Crippen LogP contribution in [-0.4, -0.2) is 15.4 Å². The lowest BCUT2D eigenvalue weighted by atomic mass is 10.0. The molecular formula is C15H13FN4O. The van der Waals surface area contributed by atoms with Crippen LogP contribution in [0.1, 0.15) is 11.4 Å². The summed E-state index contributed by atoms with van der Waals surface area (Å²) in [4.78, 5) is 0. The molecule has 5 nitrogen and oxygen atoms in total. The highest BCUT2D eigenvalue weighted by molar-refractivity contribution is 5.87. The van der Waals surface area contributed by atoms with E-state index in [1.54, 1.807) is 12.1 Å². The first-order chi connectivity index (χ1) is 10.1. The van der Waals surface area contributed by atoms with E-state index < -0.39 is 0 Å². The summed E-state index contributed by atoms with van der Waals surface area (Å²) < 4.78 is 18.8. The summed E-state index contributed by atoms with van der Waals surface area (Å²) in [5.74, 6) is 0.331. The number of nitrogens with two attached hydrogens (primary N) is 1. The Hall–Kier alpha value is -2.76. The van der Waals surface area contributed by atoms with E-state index in [4.69, 9.17) is 10.3 Å². The Morgan fingerprint density at radius 1 is 1.14 bits per heavy atom. The Balaban J connectivity index is 2.24. The molecule has 0 bridgehead atoms. The average molecular weight is 284 g/mol. The van der Waals surface area contributed by atoms with Gasteiger partial charge in [0.25, 0.3) is 0 Å². The summed E-state index contributed by atoms with van der Waals surface area (Å²) in [5, 5.41) is 11.9. The molecule has 0 saturated heterocycles. The van der Waals surface area contributed by atoms with Gasteiger partial charge in [-0.25, -0.2) is 4.39 Å². The lowest BCUT2D eigenvalue weighted by Crippen LogP contribution is -1.95. The van der Waals surface area contributed by atoms with Gasteiger partial charge in [0.2, 0.25) is 0 Å². The number of benzene rings is 1. The molecule has 106 valence electrons. The summed E-state index contributed by atoms with van der Waals surface area (Å²) in [7, 11) is 0. The monoisotopic (exact) mass is 284 g/mol. The SMILES string of the molecule is Cc1cc(-c2onc(N)c2-c2cccc(F)c2)c(C)nn1. The number of halogens is 1. The number of aromatic nitrogens is 3. The first-order valence-electron chi connectivity index (χ1n) is 6.38. The molecule has 0 unspecified atom stereocenters. The fourth-order valence-electron chi connectivity index (χ4n) is 2.19. The van der Waals surface area contributed by atoms with Gasteiger partial charge in [-0.05, 0) is 37.6 Å². The van der Waals surface area contributed by atoms with Gasteiger partial charge in [-0.3, -0.25) is 0 Å². The summed E-state index contributed by atoms with van der Waals surface area (Å²) in [6.07, 6.45) is 0. The third-order valence-corrected chi connectivity index (χ3v) is 3.18. The zero-order chi connectivity index (χ0) is 15.0. The second-order valence-corrected chi connectivity index (χ2v) is 4.77. The molecule has 2 N–H and O–H groups in total. The number of anilines is 1. The first-order valence-corrected chi connectivity index (χ1v) is 6.38.